The SMILES string of the molecule is CC(CC(=O)Nc1ccc(Cl)cc1C)=NNC(=O)c1cccc(Br)c1. The average molecular weight is 423 g/mol. The minimum atomic E-state index is -0.338. The normalized spacial score (nSPS) is 11.1. The van der Waals surface area contributed by atoms with Gasteiger partial charge in [0.05, 0.1) is 6.42 Å². The Morgan fingerprint density at radius 2 is 1.96 bits per heavy atom. The lowest BCUT2D eigenvalue weighted by Crippen LogP contribution is -2.21. The van der Waals surface area contributed by atoms with E-state index < -0.39 is 0 Å². The largest absolute Gasteiger partial charge is 0.326 e. The van der Waals surface area contributed by atoms with E-state index >= 15 is 0 Å². The Balaban J connectivity index is 1.92. The Morgan fingerprint density at radius 3 is 2.64 bits per heavy atom. The fourth-order valence-electron chi connectivity index (χ4n) is 2.07. The maximum Gasteiger partial charge on any atom is 0.271 e. The molecule has 5 nitrogen and oxygen atoms in total. The number of nitrogens with zero attached hydrogens (tertiary/aromatic N) is 1. The molecule has 0 heterocycles. The van der Waals surface area contributed by atoms with E-state index in [1.54, 1.807) is 43.3 Å². The van der Waals surface area contributed by atoms with Crippen molar-refractivity contribution in [3.63, 3.8) is 0 Å². The van der Waals surface area contributed by atoms with Crippen molar-refractivity contribution in [2.75, 3.05) is 5.32 Å². The van der Waals surface area contributed by atoms with Crippen molar-refractivity contribution in [2.24, 2.45) is 5.10 Å². The summed E-state index contributed by atoms with van der Waals surface area (Å²) in [4.78, 5) is 24.1. The van der Waals surface area contributed by atoms with Crippen LogP contribution < -0.4 is 10.7 Å². The number of hydrogen-bond donors (Lipinski definition) is 2. The molecule has 0 fully saturated rings. The Hall–Kier alpha value is -2.18. The van der Waals surface area contributed by atoms with Crippen molar-refractivity contribution in [2.45, 2.75) is 20.3 Å². The second-order valence-electron chi connectivity index (χ2n) is 5.48. The summed E-state index contributed by atoms with van der Waals surface area (Å²) in [6.45, 7) is 3.54. The highest BCUT2D eigenvalue weighted by Crippen LogP contribution is 2.19. The standard InChI is InChI=1S/C18H17BrClN3O2/c1-11-8-15(20)6-7-16(11)21-17(24)9-12(2)22-23-18(25)13-4-3-5-14(19)10-13/h3-8,10H,9H2,1-2H3,(H,21,24)(H,23,25). The predicted octanol–water partition coefficient (Wildman–Crippen LogP) is 4.55. The highest BCUT2D eigenvalue weighted by molar-refractivity contribution is 9.10. The van der Waals surface area contributed by atoms with Crippen molar-refractivity contribution < 1.29 is 9.59 Å². The predicted molar refractivity (Wildman–Crippen MR) is 104 cm³/mol. The fourth-order valence-corrected chi connectivity index (χ4v) is 2.70. The number of amides is 2. The zero-order chi connectivity index (χ0) is 18.4. The molecule has 0 spiro atoms. The van der Waals surface area contributed by atoms with Gasteiger partial charge in [-0.05, 0) is 55.8 Å². The molecule has 2 aromatic rings. The van der Waals surface area contributed by atoms with E-state index in [0.717, 1.165) is 10.0 Å². The molecule has 0 aliphatic rings. The van der Waals surface area contributed by atoms with Gasteiger partial charge in [-0.25, -0.2) is 5.43 Å². The zero-order valence-corrected chi connectivity index (χ0v) is 16.1. The maximum absolute atomic E-state index is 12.1. The smallest absolute Gasteiger partial charge is 0.271 e. The molecule has 0 saturated carbocycles. The van der Waals surface area contributed by atoms with Crippen LogP contribution in [0.1, 0.15) is 29.3 Å². The Morgan fingerprint density at radius 1 is 1.20 bits per heavy atom. The van der Waals surface area contributed by atoms with Gasteiger partial charge in [0, 0.05) is 26.5 Å². The van der Waals surface area contributed by atoms with Gasteiger partial charge < -0.3 is 5.32 Å². The topological polar surface area (TPSA) is 70.6 Å². The van der Waals surface area contributed by atoms with Crippen LogP contribution >= 0.6 is 27.5 Å². The lowest BCUT2D eigenvalue weighted by atomic mass is 10.2. The monoisotopic (exact) mass is 421 g/mol. The molecule has 0 aliphatic carbocycles. The number of halogens is 2. The summed E-state index contributed by atoms with van der Waals surface area (Å²) < 4.78 is 0.804. The number of nitrogens with one attached hydrogen (secondary N) is 2. The molecular weight excluding hydrogens is 406 g/mol. The van der Waals surface area contributed by atoms with Crippen LogP contribution in [0.25, 0.3) is 0 Å². The minimum Gasteiger partial charge on any atom is -0.326 e. The van der Waals surface area contributed by atoms with Crippen molar-refractivity contribution in [1.29, 1.82) is 0 Å². The molecule has 7 heteroatoms. The molecule has 0 bridgehead atoms. The van der Waals surface area contributed by atoms with Gasteiger partial charge in [0.25, 0.3) is 5.91 Å². The van der Waals surface area contributed by atoms with Crippen LogP contribution in [0, 0.1) is 6.92 Å². The van der Waals surface area contributed by atoms with Crippen molar-refractivity contribution >= 4 is 50.7 Å². The highest BCUT2D eigenvalue weighted by Gasteiger charge is 2.08. The first-order valence-corrected chi connectivity index (χ1v) is 8.67. The first kappa shape index (κ1) is 19.1. The first-order chi connectivity index (χ1) is 11.8. The van der Waals surface area contributed by atoms with E-state index in [1.165, 1.54) is 0 Å². The maximum atomic E-state index is 12.1. The van der Waals surface area contributed by atoms with Gasteiger partial charge in [0.2, 0.25) is 5.91 Å². The van der Waals surface area contributed by atoms with Gasteiger partial charge in [-0.2, -0.15) is 5.10 Å². The zero-order valence-electron chi connectivity index (χ0n) is 13.8. The fraction of sp³-hybridized carbons (Fsp3) is 0.167. The number of rotatable bonds is 5. The van der Waals surface area contributed by atoms with Gasteiger partial charge in [0.15, 0.2) is 0 Å². The van der Waals surface area contributed by atoms with Gasteiger partial charge in [-0.3, -0.25) is 9.59 Å². The molecule has 2 N–H and O–H groups in total. The number of benzene rings is 2. The van der Waals surface area contributed by atoms with Crippen LogP contribution in [0.2, 0.25) is 5.02 Å². The summed E-state index contributed by atoms with van der Waals surface area (Å²) in [7, 11) is 0. The number of anilines is 1. The van der Waals surface area contributed by atoms with Crippen LogP contribution in [-0.4, -0.2) is 17.5 Å². The average Bonchev–Trinajstić information content (AvgIpc) is 2.55. The van der Waals surface area contributed by atoms with Crippen LogP contribution in [0.5, 0.6) is 0 Å². The molecule has 25 heavy (non-hydrogen) atoms. The Bertz CT molecular complexity index is 837. The van der Waals surface area contributed by atoms with E-state index in [1.807, 2.05) is 13.0 Å². The number of hydrazone groups is 1. The lowest BCUT2D eigenvalue weighted by Gasteiger charge is -2.08. The molecule has 2 rings (SSSR count). The quantitative estimate of drug-likeness (QED) is 0.548. The van der Waals surface area contributed by atoms with E-state index in [9.17, 15) is 9.59 Å². The molecule has 2 aromatic carbocycles. The molecule has 0 unspecified atom stereocenters. The number of carbonyl (C=O) groups excluding carboxylic acids is 2. The second kappa shape index (κ2) is 8.78. The minimum absolute atomic E-state index is 0.0703. The van der Waals surface area contributed by atoms with Crippen LogP contribution in [-0.2, 0) is 4.79 Å². The van der Waals surface area contributed by atoms with E-state index in [-0.39, 0.29) is 18.2 Å². The molecular formula is C18H17BrClN3O2. The van der Waals surface area contributed by atoms with Crippen molar-refractivity contribution in [3.8, 4) is 0 Å². The Labute approximate surface area is 159 Å². The summed E-state index contributed by atoms with van der Waals surface area (Å²) in [5.41, 5.74) is 4.98. The van der Waals surface area contributed by atoms with E-state index in [0.29, 0.717) is 22.0 Å². The van der Waals surface area contributed by atoms with Crippen molar-refractivity contribution in [3.05, 3.63) is 63.1 Å². The van der Waals surface area contributed by atoms with Crippen LogP contribution in [0.15, 0.2) is 52.0 Å². The van der Waals surface area contributed by atoms with Gasteiger partial charge >= 0.3 is 0 Å². The summed E-state index contributed by atoms with van der Waals surface area (Å²) >= 11 is 9.20. The lowest BCUT2D eigenvalue weighted by molar-refractivity contribution is -0.115. The number of hydrogen-bond acceptors (Lipinski definition) is 3. The summed E-state index contributed by atoms with van der Waals surface area (Å²) in [5, 5.41) is 7.38. The highest BCUT2D eigenvalue weighted by atomic mass is 79.9. The molecule has 0 saturated heterocycles. The van der Waals surface area contributed by atoms with Crippen LogP contribution in [0.4, 0.5) is 5.69 Å². The van der Waals surface area contributed by atoms with Gasteiger partial charge in [-0.1, -0.05) is 33.6 Å². The van der Waals surface area contributed by atoms with E-state index in [2.05, 4.69) is 31.8 Å². The third-order valence-corrected chi connectivity index (χ3v) is 4.04. The second-order valence-corrected chi connectivity index (χ2v) is 6.83. The summed E-state index contributed by atoms with van der Waals surface area (Å²) in [6, 6.07) is 12.2. The first-order valence-electron chi connectivity index (χ1n) is 7.50. The number of aryl methyl sites for hydroxylation is 1. The third kappa shape index (κ3) is 5.99. The molecule has 0 atom stereocenters. The van der Waals surface area contributed by atoms with Crippen molar-refractivity contribution in [1.82, 2.24) is 5.43 Å². The molecule has 0 radical (unpaired) electrons. The summed E-state index contributed by atoms with van der Waals surface area (Å²) in [6.07, 6.45) is 0.0703. The molecule has 0 aliphatic heterocycles. The van der Waals surface area contributed by atoms with Gasteiger partial charge in [0.1, 0.15) is 0 Å². The van der Waals surface area contributed by atoms with E-state index in [4.69, 9.17) is 11.6 Å². The summed E-state index contributed by atoms with van der Waals surface area (Å²) in [5.74, 6) is -0.557. The van der Waals surface area contributed by atoms with Gasteiger partial charge in [-0.15, -0.1) is 0 Å². The third-order valence-electron chi connectivity index (χ3n) is 3.31. The molecule has 130 valence electrons. The Kier molecular flexibility index (Phi) is 6.73. The molecule has 0 aromatic heterocycles. The van der Waals surface area contributed by atoms with Crippen LogP contribution in [0.3, 0.4) is 0 Å². The molecule has 2 amide bonds. The number of carbonyl (C=O) groups is 2.